The fourth-order valence-electron chi connectivity index (χ4n) is 1.68. The number of rotatable bonds is 3. The Morgan fingerprint density at radius 2 is 2.07 bits per heavy atom. The molecule has 78 valence electrons. The number of hydrogen-bond acceptors (Lipinski definition) is 2. The normalized spacial score (nSPS) is 20.7. The summed E-state index contributed by atoms with van der Waals surface area (Å²) in [5.41, 5.74) is 4.08. The van der Waals surface area contributed by atoms with Gasteiger partial charge in [-0.1, -0.05) is 30.4 Å². The molecule has 0 saturated carbocycles. The third-order valence-electron chi connectivity index (χ3n) is 2.56. The molecule has 1 aromatic carbocycles. The van der Waals surface area contributed by atoms with E-state index in [1.807, 2.05) is 36.5 Å². The molecule has 0 aromatic heterocycles. The highest BCUT2D eigenvalue weighted by atomic mass is 15.3. The molecule has 2 heteroatoms. The quantitative estimate of drug-likeness (QED) is 0.451. The maximum Gasteiger partial charge on any atom is 0.0561 e. The first-order valence-electron chi connectivity index (χ1n) is 5.44. The highest BCUT2D eigenvalue weighted by Crippen LogP contribution is 2.15. The van der Waals surface area contributed by atoms with E-state index in [0.29, 0.717) is 5.92 Å². The van der Waals surface area contributed by atoms with Gasteiger partial charge in [-0.05, 0) is 37.3 Å². The monoisotopic (exact) mass is 200 g/mol. The van der Waals surface area contributed by atoms with Crippen molar-refractivity contribution in [2.24, 2.45) is 11.0 Å². The van der Waals surface area contributed by atoms with Crippen LogP contribution in [0.3, 0.4) is 0 Å². The van der Waals surface area contributed by atoms with Crippen LogP contribution in [0.15, 0.2) is 47.6 Å². The predicted molar refractivity (Wildman–Crippen MR) is 65.0 cm³/mol. The average Bonchev–Trinajstić information content (AvgIpc) is 2.32. The zero-order valence-corrected chi connectivity index (χ0v) is 8.76. The summed E-state index contributed by atoms with van der Waals surface area (Å²) >= 11 is 0. The number of nitrogens with zero attached hydrogens (tertiary/aromatic N) is 1. The molecule has 0 saturated heterocycles. The molecule has 2 nitrogen and oxygen atoms in total. The smallest absolute Gasteiger partial charge is 0.0561 e. The fraction of sp³-hybridized carbons (Fsp3) is 0.308. The first-order chi connectivity index (χ1) is 7.45. The molecule has 0 bridgehead atoms. The minimum atomic E-state index is 0.603. The molecule has 1 N–H and O–H groups in total. The summed E-state index contributed by atoms with van der Waals surface area (Å²) in [4.78, 5) is 0. The molecular formula is C13H16N2. The van der Waals surface area contributed by atoms with Crippen molar-refractivity contribution in [3.8, 4) is 0 Å². The van der Waals surface area contributed by atoms with E-state index in [2.05, 4.69) is 22.7 Å². The standard InChI is InChI=1S/C13H16N2/c1-3-7-12(8-4-1)11-14-15-13-9-5-2-6-10-13/h1-3,5-6,9-12,15H,4,7-8H2/b14-11-/t12-/m0/s1. The van der Waals surface area contributed by atoms with Crippen LogP contribution in [0.4, 0.5) is 5.69 Å². The minimum Gasteiger partial charge on any atom is -0.279 e. The minimum absolute atomic E-state index is 0.603. The Hall–Kier alpha value is -1.57. The second kappa shape index (κ2) is 5.35. The van der Waals surface area contributed by atoms with Gasteiger partial charge in [0.1, 0.15) is 0 Å². The number of benzene rings is 1. The number of para-hydroxylation sites is 1. The van der Waals surface area contributed by atoms with Crippen molar-refractivity contribution in [3.05, 3.63) is 42.5 Å². The van der Waals surface area contributed by atoms with Crippen LogP contribution >= 0.6 is 0 Å². The summed E-state index contributed by atoms with van der Waals surface area (Å²) in [6.45, 7) is 0. The summed E-state index contributed by atoms with van der Waals surface area (Å²) in [6, 6.07) is 10.0. The van der Waals surface area contributed by atoms with Gasteiger partial charge in [0.25, 0.3) is 0 Å². The maximum absolute atomic E-state index is 4.26. The molecule has 15 heavy (non-hydrogen) atoms. The lowest BCUT2D eigenvalue weighted by molar-refractivity contribution is 0.627. The fourth-order valence-corrected chi connectivity index (χ4v) is 1.68. The van der Waals surface area contributed by atoms with Crippen LogP contribution < -0.4 is 5.43 Å². The van der Waals surface area contributed by atoms with Crippen LogP contribution in [0.5, 0.6) is 0 Å². The van der Waals surface area contributed by atoms with E-state index in [1.54, 1.807) is 0 Å². The summed E-state index contributed by atoms with van der Waals surface area (Å²) in [5, 5.41) is 4.26. The Morgan fingerprint density at radius 3 is 2.80 bits per heavy atom. The Kier molecular flexibility index (Phi) is 3.55. The number of allylic oxidation sites excluding steroid dienone is 2. The van der Waals surface area contributed by atoms with Crippen molar-refractivity contribution in [3.63, 3.8) is 0 Å². The average molecular weight is 200 g/mol. The second-order valence-corrected chi connectivity index (χ2v) is 3.80. The van der Waals surface area contributed by atoms with Gasteiger partial charge in [0, 0.05) is 6.21 Å². The number of hydrazone groups is 1. The van der Waals surface area contributed by atoms with Crippen molar-refractivity contribution in [2.45, 2.75) is 19.3 Å². The van der Waals surface area contributed by atoms with Crippen molar-refractivity contribution >= 4 is 11.9 Å². The van der Waals surface area contributed by atoms with E-state index < -0.39 is 0 Å². The van der Waals surface area contributed by atoms with E-state index in [-0.39, 0.29) is 0 Å². The van der Waals surface area contributed by atoms with Crippen LogP contribution in [0, 0.1) is 5.92 Å². The third kappa shape index (κ3) is 3.24. The zero-order valence-electron chi connectivity index (χ0n) is 8.76. The molecule has 0 spiro atoms. The SMILES string of the molecule is C1=CC[C@H](/C=N\Nc2ccccc2)CC1. The van der Waals surface area contributed by atoms with Crippen LogP contribution in [0.25, 0.3) is 0 Å². The van der Waals surface area contributed by atoms with E-state index in [9.17, 15) is 0 Å². The van der Waals surface area contributed by atoms with Gasteiger partial charge in [-0.25, -0.2) is 0 Å². The van der Waals surface area contributed by atoms with Crippen molar-refractivity contribution in [1.29, 1.82) is 0 Å². The third-order valence-corrected chi connectivity index (χ3v) is 2.56. The molecule has 0 fully saturated rings. The molecule has 0 amide bonds. The van der Waals surface area contributed by atoms with E-state index in [1.165, 1.54) is 12.8 Å². The van der Waals surface area contributed by atoms with Gasteiger partial charge in [-0.3, -0.25) is 5.43 Å². The Labute approximate surface area is 90.7 Å². The number of anilines is 1. The van der Waals surface area contributed by atoms with Crippen LogP contribution in [0.1, 0.15) is 19.3 Å². The lowest BCUT2D eigenvalue weighted by Crippen LogP contribution is -2.04. The predicted octanol–water partition coefficient (Wildman–Crippen LogP) is 3.44. The molecule has 0 aliphatic heterocycles. The summed E-state index contributed by atoms with van der Waals surface area (Å²) in [5.74, 6) is 0.603. The van der Waals surface area contributed by atoms with Crippen LogP contribution in [0.2, 0.25) is 0 Å². The molecule has 0 heterocycles. The number of nitrogens with one attached hydrogen (secondary N) is 1. The van der Waals surface area contributed by atoms with Gasteiger partial charge in [0.05, 0.1) is 5.69 Å². The molecule has 1 atom stereocenters. The molecule has 0 radical (unpaired) electrons. The molecular weight excluding hydrogens is 184 g/mol. The van der Waals surface area contributed by atoms with Gasteiger partial charge in [-0.2, -0.15) is 5.10 Å². The maximum atomic E-state index is 4.26. The Morgan fingerprint density at radius 1 is 1.20 bits per heavy atom. The summed E-state index contributed by atoms with van der Waals surface area (Å²) in [7, 11) is 0. The molecule has 0 unspecified atom stereocenters. The first kappa shape index (κ1) is 9.97. The first-order valence-corrected chi connectivity index (χ1v) is 5.44. The van der Waals surface area contributed by atoms with Gasteiger partial charge >= 0.3 is 0 Å². The summed E-state index contributed by atoms with van der Waals surface area (Å²) in [6.07, 6.45) is 10.0. The highest BCUT2D eigenvalue weighted by Gasteiger charge is 2.05. The Bertz CT molecular complexity index is 341. The topological polar surface area (TPSA) is 24.4 Å². The van der Waals surface area contributed by atoms with Crippen molar-refractivity contribution in [2.75, 3.05) is 5.43 Å². The van der Waals surface area contributed by atoms with Gasteiger partial charge < -0.3 is 0 Å². The van der Waals surface area contributed by atoms with Crippen LogP contribution in [-0.2, 0) is 0 Å². The molecule has 1 aromatic rings. The van der Waals surface area contributed by atoms with Crippen molar-refractivity contribution < 1.29 is 0 Å². The van der Waals surface area contributed by atoms with E-state index in [4.69, 9.17) is 0 Å². The van der Waals surface area contributed by atoms with E-state index >= 15 is 0 Å². The second-order valence-electron chi connectivity index (χ2n) is 3.80. The van der Waals surface area contributed by atoms with Crippen molar-refractivity contribution in [1.82, 2.24) is 0 Å². The lowest BCUT2D eigenvalue weighted by Gasteiger charge is -2.11. The molecule has 1 aliphatic carbocycles. The van der Waals surface area contributed by atoms with Gasteiger partial charge in [-0.15, -0.1) is 0 Å². The Balaban J connectivity index is 1.82. The molecule has 1 aliphatic rings. The zero-order chi connectivity index (χ0) is 10.3. The van der Waals surface area contributed by atoms with Gasteiger partial charge in [0.15, 0.2) is 0 Å². The van der Waals surface area contributed by atoms with Gasteiger partial charge in [0.2, 0.25) is 0 Å². The van der Waals surface area contributed by atoms with E-state index in [0.717, 1.165) is 12.1 Å². The highest BCUT2D eigenvalue weighted by molar-refractivity contribution is 5.63. The lowest BCUT2D eigenvalue weighted by atomic mass is 9.96. The number of hydrogen-bond donors (Lipinski definition) is 1. The largest absolute Gasteiger partial charge is 0.279 e. The summed E-state index contributed by atoms with van der Waals surface area (Å²) < 4.78 is 0. The van der Waals surface area contributed by atoms with Crippen LogP contribution in [-0.4, -0.2) is 6.21 Å². The molecule has 2 rings (SSSR count).